The zero-order chi connectivity index (χ0) is 22.1. The third-order valence-corrected chi connectivity index (χ3v) is 7.94. The number of carbonyl (C=O) groups is 2. The van der Waals surface area contributed by atoms with E-state index in [0.29, 0.717) is 13.0 Å². The SMILES string of the molecule is Cc1nc([C@H]2CCCN2C(=O)CN2CCCC2=O)nc2c1CCCN2CC1CCCCC1. The van der Waals surface area contributed by atoms with Crippen LogP contribution in [0.1, 0.15) is 87.3 Å². The number of nitrogens with zero attached hydrogens (tertiary/aromatic N) is 5. The number of likely N-dealkylation sites (tertiary alicyclic amines) is 2. The Labute approximate surface area is 191 Å². The fourth-order valence-corrected chi connectivity index (χ4v) is 6.18. The Morgan fingerprint density at radius 1 is 0.906 bits per heavy atom. The molecule has 3 aliphatic heterocycles. The van der Waals surface area contributed by atoms with Crippen LogP contribution in [0.3, 0.4) is 0 Å². The number of carbonyl (C=O) groups excluding carboxylic acids is 2. The van der Waals surface area contributed by atoms with Gasteiger partial charge in [-0.25, -0.2) is 9.97 Å². The highest BCUT2D eigenvalue weighted by atomic mass is 16.2. The van der Waals surface area contributed by atoms with Crippen LogP contribution in [-0.2, 0) is 16.0 Å². The van der Waals surface area contributed by atoms with E-state index in [-0.39, 0.29) is 24.4 Å². The smallest absolute Gasteiger partial charge is 0.242 e. The number of anilines is 1. The van der Waals surface area contributed by atoms with Crippen LogP contribution in [0.5, 0.6) is 0 Å². The molecule has 1 aromatic rings. The van der Waals surface area contributed by atoms with Gasteiger partial charge in [-0.3, -0.25) is 9.59 Å². The molecule has 4 aliphatic rings. The number of rotatable bonds is 5. The number of fused-ring (bicyclic) bond motifs is 1. The van der Waals surface area contributed by atoms with Crippen molar-refractivity contribution in [3.8, 4) is 0 Å². The van der Waals surface area contributed by atoms with Crippen LogP contribution in [0.4, 0.5) is 5.82 Å². The quantitative estimate of drug-likeness (QED) is 0.703. The van der Waals surface area contributed by atoms with Crippen LogP contribution in [0.15, 0.2) is 0 Å². The summed E-state index contributed by atoms with van der Waals surface area (Å²) < 4.78 is 0. The van der Waals surface area contributed by atoms with Gasteiger partial charge in [0, 0.05) is 43.9 Å². The second kappa shape index (κ2) is 9.36. The lowest BCUT2D eigenvalue weighted by atomic mass is 9.88. The summed E-state index contributed by atoms with van der Waals surface area (Å²) in [5.41, 5.74) is 2.38. The van der Waals surface area contributed by atoms with Crippen LogP contribution in [-0.4, -0.2) is 64.3 Å². The summed E-state index contributed by atoms with van der Waals surface area (Å²) in [5.74, 6) is 2.85. The minimum atomic E-state index is -0.0670. The standard InChI is InChI=1S/C25H37N5O2/c1-18-20-10-5-14-29(16-19-8-3-2-4-9-19)25(20)27-24(26-18)21-11-6-15-30(21)23(32)17-28-13-7-12-22(28)31/h19,21H,2-17H2,1H3/t21-/m1/s1. The topological polar surface area (TPSA) is 69.6 Å². The molecule has 1 aliphatic carbocycles. The Hall–Kier alpha value is -2.18. The van der Waals surface area contributed by atoms with Gasteiger partial charge in [-0.15, -0.1) is 0 Å². The normalized spacial score (nSPS) is 24.3. The monoisotopic (exact) mass is 439 g/mol. The van der Waals surface area contributed by atoms with Crippen molar-refractivity contribution in [1.82, 2.24) is 19.8 Å². The molecule has 0 spiro atoms. The number of hydrogen-bond acceptors (Lipinski definition) is 5. The average molecular weight is 440 g/mol. The molecule has 7 nitrogen and oxygen atoms in total. The minimum Gasteiger partial charge on any atom is -0.356 e. The summed E-state index contributed by atoms with van der Waals surface area (Å²) in [7, 11) is 0. The number of aryl methyl sites for hydroxylation is 1. The van der Waals surface area contributed by atoms with Crippen LogP contribution in [0.2, 0.25) is 0 Å². The summed E-state index contributed by atoms with van der Waals surface area (Å²) in [6.07, 6.45) is 12.3. The van der Waals surface area contributed by atoms with Crippen molar-refractivity contribution < 1.29 is 9.59 Å². The summed E-state index contributed by atoms with van der Waals surface area (Å²) in [4.78, 5) is 41.3. The molecule has 0 bridgehead atoms. The van der Waals surface area contributed by atoms with E-state index >= 15 is 0 Å². The van der Waals surface area contributed by atoms with Gasteiger partial charge in [0.2, 0.25) is 11.8 Å². The molecule has 2 saturated heterocycles. The minimum absolute atomic E-state index is 0.0424. The van der Waals surface area contributed by atoms with E-state index in [2.05, 4.69) is 11.8 Å². The first-order chi connectivity index (χ1) is 15.6. The van der Waals surface area contributed by atoms with Gasteiger partial charge in [0.05, 0.1) is 12.6 Å². The third kappa shape index (κ3) is 4.35. The van der Waals surface area contributed by atoms with Gasteiger partial charge < -0.3 is 14.7 Å². The van der Waals surface area contributed by atoms with Crippen LogP contribution in [0.25, 0.3) is 0 Å². The average Bonchev–Trinajstić information content (AvgIpc) is 3.44. The maximum Gasteiger partial charge on any atom is 0.242 e. The molecule has 4 heterocycles. The first-order valence-corrected chi connectivity index (χ1v) is 12.8. The van der Waals surface area contributed by atoms with E-state index in [0.717, 1.165) is 68.6 Å². The zero-order valence-electron chi connectivity index (χ0n) is 19.5. The van der Waals surface area contributed by atoms with Crippen LogP contribution >= 0.6 is 0 Å². The van der Waals surface area contributed by atoms with E-state index in [9.17, 15) is 9.59 Å². The summed E-state index contributed by atoms with van der Waals surface area (Å²) in [6, 6.07) is -0.0670. The van der Waals surface area contributed by atoms with Crippen molar-refractivity contribution in [3.63, 3.8) is 0 Å². The highest BCUT2D eigenvalue weighted by Crippen LogP contribution is 2.35. The third-order valence-electron chi connectivity index (χ3n) is 7.94. The first kappa shape index (κ1) is 21.7. The molecule has 7 heteroatoms. The number of amides is 2. The predicted octanol–water partition coefficient (Wildman–Crippen LogP) is 3.40. The highest BCUT2D eigenvalue weighted by molar-refractivity contribution is 5.86. The highest BCUT2D eigenvalue weighted by Gasteiger charge is 2.35. The van der Waals surface area contributed by atoms with Crippen molar-refractivity contribution in [2.24, 2.45) is 5.92 Å². The largest absolute Gasteiger partial charge is 0.356 e. The second-order valence-electron chi connectivity index (χ2n) is 10.2. The van der Waals surface area contributed by atoms with Gasteiger partial charge in [-0.05, 0) is 57.8 Å². The Bertz CT molecular complexity index is 866. The molecule has 0 aromatic carbocycles. The molecule has 5 rings (SSSR count). The van der Waals surface area contributed by atoms with Crippen LogP contribution < -0.4 is 4.90 Å². The van der Waals surface area contributed by atoms with Gasteiger partial charge in [-0.2, -0.15) is 0 Å². The van der Waals surface area contributed by atoms with E-state index in [1.807, 2.05) is 4.90 Å². The lowest BCUT2D eigenvalue weighted by Crippen LogP contribution is -2.41. The van der Waals surface area contributed by atoms with Crippen LogP contribution in [0, 0.1) is 12.8 Å². The fraction of sp³-hybridized carbons (Fsp3) is 0.760. The maximum atomic E-state index is 13.1. The molecule has 3 fully saturated rings. The summed E-state index contributed by atoms with van der Waals surface area (Å²) in [6.45, 7) is 5.92. The zero-order valence-corrected chi connectivity index (χ0v) is 19.5. The maximum absolute atomic E-state index is 13.1. The van der Waals surface area contributed by atoms with Crippen molar-refractivity contribution in [2.45, 2.75) is 83.6 Å². The molecule has 0 radical (unpaired) electrons. The van der Waals surface area contributed by atoms with E-state index in [1.54, 1.807) is 4.90 Å². The second-order valence-corrected chi connectivity index (χ2v) is 10.2. The van der Waals surface area contributed by atoms with Crippen molar-refractivity contribution in [2.75, 3.05) is 37.6 Å². The molecule has 1 aromatic heterocycles. The molecule has 0 unspecified atom stereocenters. The molecule has 2 amide bonds. The predicted molar refractivity (Wildman–Crippen MR) is 123 cm³/mol. The van der Waals surface area contributed by atoms with Gasteiger partial charge in [0.1, 0.15) is 5.82 Å². The Balaban J connectivity index is 1.36. The molecule has 0 N–H and O–H groups in total. The molecule has 32 heavy (non-hydrogen) atoms. The molecular formula is C25H37N5O2. The Morgan fingerprint density at radius 2 is 1.69 bits per heavy atom. The van der Waals surface area contributed by atoms with E-state index < -0.39 is 0 Å². The molecule has 1 saturated carbocycles. The lowest BCUT2D eigenvalue weighted by molar-refractivity contribution is -0.139. The summed E-state index contributed by atoms with van der Waals surface area (Å²) in [5, 5.41) is 0. The number of hydrogen-bond donors (Lipinski definition) is 0. The van der Waals surface area contributed by atoms with Gasteiger partial charge in [0.15, 0.2) is 5.82 Å². The summed E-state index contributed by atoms with van der Waals surface area (Å²) >= 11 is 0. The van der Waals surface area contributed by atoms with Gasteiger partial charge >= 0.3 is 0 Å². The number of aromatic nitrogens is 2. The molecule has 174 valence electrons. The molecule has 1 atom stereocenters. The Kier molecular flexibility index (Phi) is 6.33. The fourth-order valence-electron chi connectivity index (χ4n) is 6.18. The van der Waals surface area contributed by atoms with Gasteiger partial charge in [-0.1, -0.05) is 19.3 Å². The molecular weight excluding hydrogens is 402 g/mol. The van der Waals surface area contributed by atoms with Crippen molar-refractivity contribution >= 4 is 17.6 Å². The van der Waals surface area contributed by atoms with Crippen molar-refractivity contribution in [1.29, 1.82) is 0 Å². The lowest BCUT2D eigenvalue weighted by Gasteiger charge is -2.35. The van der Waals surface area contributed by atoms with Gasteiger partial charge in [0.25, 0.3) is 0 Å². The van der Waals surface area contributed by atoms with Crippen molar-refractivity contribution in [3.05, 3.63) is 17.1 Å². The Morgan fingerprint density at radius 3 is 2.47 bits per heavy atom. The first-order valence-electron chi connectivity index (χ1n) is 12.8. The van der Waals surface area contributed by atoms with E-state index in [4.69, 9.17) is 9.97 Å². The van der Waals surface area contributed by atoms with E-state index in [1.165, 1.54) is 44.1 Å².